The van der Waals surface area contributed by atoms with Gasteiger partial charge in [-0.15, -0.1) is 0 Å². The van der Waals surface area contributed by atoms with E-state index >= 15 is 0 Å². The van der Waals surface area contributed by atoms with Gasteiger partial charge in [0.2, 0.25) is 5.91 Å². The molecule has 186 valence electrons. The Kier molecular flexibility index (Phi) is 8.65. The number of nitrogens with one attached hydrogen (secondary N) is 1. The van der Waals surface area contributed by atoms with Crippen LogP contribution in [-0.2, 0) is 9.53 Å². The van der Waals surface area contributed by atoms with Crippen LogP contribution >= 0.6 is 0 Å². The van der Waals surface area contributed by atoms with E-state index in [0.717, 1.165) is 41.9 Å². The molecule has 3 aromatic rings. The monoisotopic (exact) mass is 478 g/mol. The Balaban J connectivity index is 1.92. The molecular formula is C27H34N4O4. The third-order valence-corrected chi connectivity index (χ3v) is 5.77. The quantitative estimate of drug-likeness (QED) is 0.319. The van der Waals surface area contributed by atoms with Gasteiger partial charge in [0.15, 0.2) is 5.88 Å². The summed E-state index contributed by atoms with van der Waals surface area (Å²) in [6.07, 6.45) is 2.38. The molecule has 2 N–H and O–H groups in total. The molecule has 35 heavy (non-hydrogen) atoms. The van der Waals surface area contributed by atoms with E-state index in [2.05, 4.69) is 16.8 Å². The van der Waals surface area contributed by atoms with Crippen molar-refractivity contribution in [1.82, 2.24) is 9.88 Å². The van der Waals surface area contributed by atoms with Crippen LogP contribution in [0.15, 0.2) is 47.5 Å². The molecular weight excluding hydrogens is 444 g/mol. The van der Waals surface area contributed by atoms with Crippen molar-refractivity contribution in [2.75, 3.05) is 39.2 Å². The number of hydrogen-bond acceptors (Lipinski definition) is 6. The number of carbonyl (C=O) groups excluding carboxylic acids is 2. The lowest BCUT2D eigenvalue weighted by molar-refractivity contribution is -0.116. The predicted octanol–water partition coefficient (Wildman–Crippen LogP) is 4.89. The first-order valence-electron chi connectivity index (χ1n) is 11.8. The number of fused-ring (bicyclic) bond motifs is 1. The molecule has 0 spiro atoms. The molecule has 0 aliphatic carbocycles. The number of amides is 1. The molecule has 8 nitrogen and oxygen atoms in total. The first-order chi connectivity index (χ1) is 16.7. The maximum atomic E-state index is 12.2. The fourth-order valence-corrected chi connectivity index (χ4v) is 4.07. The number of esters is 1. The zero-order valence-corrected chi connectivity index (χ0v) is 21.1. The maximum Gasteiger partial charge on any atom is 0.337 e. The van der Waals surface area contributed by atoms with Gasteiger partial charge in [0.05, 0.1) is 29.6 Å². The van der Waals surface area contributed by atoms with Gasteiger partial charge in [-0.1, -0.05) is 19.4 Å². The van der Waals surface area contributed by atoms with Crippen molar-refractivity contribution >= 4 is 39.9 Å². The van der Waals surface area contributed by atoms with Crippen molar-refractivity contribution in [2.24, 2.45) is 4.99 Å². The molecule has 0 radical (unpaired) electrons. The van der Waals surface area contributed by atoms with E-state index in [-0.39, 0.29) is 11.8 Å². The zero-order chi connectivity index (χ0) is 25.5. The van der Waals surface area contributed by atoms with E-state index in [1.165, 1.54) is 7.11 Å². The summed E-state index contributed by atoms with van der Waals surface area (Å²) in [6.45, 7) is 5.18. The fourth-order valence-electron chi connectivity index (χ4n) is 4.07. The standard InChI is InChI=1S/C27H34N4O4/c1-6-8-23(25-22-14-9-19(27(34)35-5)17-24(22)29-26(25)33)28-20-10-12-21(13-11-20)31(18(2)32)16-7-15-30(3)4/h9-14,17,29,33H,6-8,15-16H2,1-5H3. The number of aromatic hydroxyl groups is 1. The number of benzene rings is 2. The normalized spacial score (nSPS) is 11.8. The van der Waals surface area contributed by atoms with E-state index in [1.54, 1.807) is 30.0 Å². The summed E-state index contributed by atoms with van der Waals surface area (Å²) < 4.78 is 4.79. The number of aromatic amines is 1. The molecule has 2 aromatic carbocycles. The first kappa shape index (κ1) is 26.0. The zero-order valence-electron chi connectivity index (χ0n) is 21.1. The van der Waals surface area contributed by atoms with Crippen molar-refractivity contribution < 1.29 is 19.4 Å². The van der Waals surface area contributed by atoms with E-state index in [0.29, 0.717) is 29.6 Å². The fraction of sp³-hybridized carbons (Fsp3) is 0.370. The van der Waals surface area contributed by atoms with Crippen LogP contribution in [0.25, 0.3) is 10.9 Å². The van der Waals surface area contributed by atoms with Crippen LogP contribution in [0.3, 0.4) is 0 Å². The summed E-state index contributed by atoms with van der Waals surface area (Å²) in [7, 11) is 5.37. The number of nitrogens with zero attached hydrogens (tertiary/aromatic N) is 3. The Hall–Kier alpha value is -3.65. The van der Waals surface area contributed by atoms with Gasteiger partial charge in [0.25, 0.3) is 0 Å². The van der Waals surface area contributed by atoms with Gasteiger partial charge in [-0.3, -0.25) is 9.79 Å². The molecule has 1 heterocycles. The summed E-state index contributed by atoms with van der Waals surface area (Å²) >= 11 is 0. The van der Waals surface area contributed by atoms with Crippen LogP contribution in [0.2, 0.25) is 0 Å². The molecule has 0 unspecified atom stereocenters. The Labute approximate surface area is 206 Å². The second-order valence-electron chi connectivity index (χ2n) is 8.75. The molecule has 0 atom stereocenters. The maximum absolute atomic E-state index is 12.2. The Morgan fingerprint density at radius 3 is 2.40 bits per heavy atom. The van der Waals surface area contributed by atoms with Crippen molar-refractivity contribution in [3.05, 3.63) is 53.6 Å². The van der Waals surface area contributed by atoms with Gasteiger partial charge in [-0.2, -0.15) is 0 Å². The van der Waals surface area contributed by atoms with Crippen molar-refractivity contribution in [2.45, 2.75) is 33.1 Å². The van der Waals surface area contributed by atoms with Gasteiger partial charge in [0, 0.05) is 30.1 Å². The minimum atomic E-state index is -0.439. The summed E-state index contributed by atoms with van der Waals surface area (Å²) in [6, 6.07) is 12.7. The number of H-pyrrole nitrogens is 1. The third-order valence-electron chi connectivity index (χ3n) is 5.77. The highest BCUT2D eigenvalue weighted by Crippen LogP contribution is 2.32. The largest absolute Gasteiger partial charge is 0.494 e. The Morgan fingerprint density at radius 2 is 1.80 bits per heavy atom. The van der Waals surface area contributed by atoms with Gasteiger partial charge in [-0.25, -0.2) is 4.79 Å². The smallest absolute Gasteiger partial charge is 0.337 e. The lowest BCUT2D eigenvalue weighted by atomic mass is 10.0. The van der Waals surface area contributed by atoms with Crippen LogP contribution in [-0.4, -0.2) is 66.9 Å². The van der Waals surface area contributed by atoms with Crippen LogP contribution in [0.4, 0.5) is 11.4 Å². The second-order valence-corrected chi connectivity index (χ2v) is 8.75. The van der Waals surface area contributed by atoms with Crippen molar-refractivity contribution in [3.8, 4) is 5.88 Å². The second kappa shape index (κ2) is 11.7. The summed E-state index contributed by atoms with van der Waals surface area (Å²) in [5, 5.41) is 11.5. The third kappa shape index (κ3) is 6.27. The van der Waals surface area contributed by atoms with Crippen molar-refractivity contribution in [1.29, 1.82) is 0 Å². The van der Waals surface area contributed by atoms with E-state index in [4.69, 9.17) is 9.73 Å². The molecule has 0 fully saturated rings. The highest BCUT2D eigenvalue weighted by Gasteiger charge is 2.18. The summed E-state index contributed by atoms with van der Waals surface area (Å²) in [5.74, 6) is -0.428. The van der Waals surface area contributed by atoms with Crippen LogP contribution in [0.1, 0.15) is 49.0 Å². The average Bonchev–Trinajstić information content (AvgIpc) is 3.16. The van der Waals surface area contributed by atoms with E-state index in [1.807, 2.05) is 38.4 Å². The SMILES string of the molecule is CCCC(=Nc1ccc(N(CCCN(C)C)C(C)=O)cc1)c1c(O)[nH]c2cc(C(=O)OC)ccc12. The Bertz CT molecular complexity index is 1210. The number of carbonyl (C=O) groups is 2. The van der Waals surface area contributed by atoms with E-state index in [9.17, 15) is 14.7 Å². The first-order valence-corrected chi connectivity index (χ1v) is 11.8. The van der Waals surface area contributed by atoms with Gasteiger partial charge < -0.3 is 24.6 Å². The topological polar surface area (TPSA) is 98.2 Å². The molecule has 3 rings (SSSR count). The van der Waals surface area contributed by atoms with E-state index < -0.39 is 5.97 Å². The number of anilines is 1. The highest BCUT2D eigenvalue weighted by molar-refractivity contribution is 6.14. The summed E-state index contributed by atoms with van der Waals surface area (Å²) in [4.78, 5) is 35.7. The van der Waals surface area contributed by atoms with Gasteiger partial charge >= 0.3 is 5.97 Å². The molecule has 1 amide bonds. The minimum Gasteiger partial charge on any atom is -0.494 e. The molecule has 0 saturated heterocycles. The van der Waals surface area contributed by atoms with Gasteiger partial charge in [-0.05, 0) is 69.9 Å². The van der Waals surface area contributed by atoms with Crippen LogP contribution in [0.5, 0.6) is 5.88 Å². The number of hydrogen-bond donors (Lipinski definition) is 2. The number of ether oxygens (including phenoxy) is 1. The average molecular weight is 479 g/mol. The number of methoxy groups -OCH3 is 1. The minimum absolute atomic E-state index is 0.00159. The highest BCUT2D eigenvalue weighted by atomic mass is 16.5. The van der Waals surface area contributed by atoms with Crippen LogP contribution in [0, 0.1) is 0 Å². The predicted molar refractivity (Wildman–Crippen MR) is 140 cm³/mol. The van der Waals surface area contributed by atoms with Gasteiger partial charge in [0.1, 0.15) is 0 Å². The molecule has 8 heteroatoms. The molecule has 0 aliphatic rings. The molecule has 0 saturated carbocycles. The number of rotatable bonds is 10. The lowest BCUT2D eigenvalue weighted by Crippen LogP contribution is -2.31. The summed E-state index contributed by atoms with van der Waals surface area (Å²) in [5.41, 5.74) is 3.96. The number of aliphatic imine (C=N–C) groups is 1. The number of aromatic nitrogens is 1. The Morgan fingerprint density at radius 1 is 1.09 bits per heavy atom. The molecule has 1 aromatic heterocycles. The lowest BCUT2D eigenvalue weighted by Gasteiger charge is -2.22. The molecule has 0 bridgehead atoms. The van der Waals surface area contributed by atoms with Crippen molar-refractivity contribution in [3.63, 3.8) is 0 Å². The molecule has 0 aliphatic heterocycles. The van der Waals surface area contributed by atoms with Crippen LogP contribution < -0.4 is 4.90 Å².